The summed E-state index contributed by atoms with van der Waals surface area (Å²) in [5, 5.41) is 7.15. The van der Waals surface area contributed by atoms with E-state index < -0.39 is 0 Å². The summed E-state index contributed by atoms with van der Waals surface area (Å²) in [5.74, 6) is 0.526. The Balaban J connectivity index is 1.76. The molecule has 2 nitrogen and oxygen atoms in total. The second kappa shape index (κ2) is 5.31. The maximum Gasteiger partial charge on any atom is 0.223 e. The molecule has 0 saturated heterocycles. The average molecular weight is 223 g/mol. The van der Waals surface area contributed by atoms with Crippen LogP contribution in [0.15, 0.2) is 16.8 Å². The number of hydrogen-bond donors (Lipinski definition) is 1. The van der Waals surface area contributed by atoms with Crippen LogP contribution >= 0.6 is 11.3 Å². The van der Waals surface area contributed by atoms with E-state index in [0.717, 1.165) is 12.8 Å². The zero-order valence-corrected chi connectivity index (χ0v) is 9.69. The highest BCUT2D eigenvalue weighted by atomic mass is 32.1. The van der Waals surface area contributed by atoms with Crippen molar-refractivity contribution in [3.8, 4) is 0 Å². The molecule has 0 aliphatic heterocycles. The summed E-state index contributed by atoms with van der Waals surface area (Å²) < 4.78 is 0. The van der Waals surface area contributed by atoms with Crippen molar-refractivity contribution in [1.29, 1.82) is 0 Å². The third-order valence-electron chi connectivity index (χ3n) is 3.02. The van der Waals surface area contributed by atoms with E-state index in [9.17, 15) is 4.79 Å². The Morgan fingerprint density at radius 3 is 2.87 bits per heavy atom. The van der Waals surface area contributed by atoms with Gasteiger partial charge in [0, 0.05) is 12.5 Å². The van der Waals surface area contributed by atoms with Gasteiger partial charge in [0.05, 0.1) is 0 Å². The van der Waals surface area contributed by atoms with Gasteiger partial charge >= 0.3 is 0 Å². The highest BCUT2D eigenvalue weighted by molar-refractivity contribution is 7.07. The molecule has 1 saturated carbocycles. The third kappa shape index (κ3) is 3.06. The van der Waals surface area contributed by atoms with Crippen molar-refractivity contribution in [2.45, 2.75) is 38.6 Å². The first-order valence-electron chi connectivity index (χ1n) is 5.65. The summed E-state index contributed by atoms with van der Waals surface area (Å²) in [6, 6.07) is 2.06. The van der Waals surface area contributed by atoms with E-state index in [4.69, 9.17) is 0 Å². The lowest BCUT2D eigenvalue weighted by atomic mass is 9.89. The highest BCUT2D eigenvalue weighted by Gasteiger charge is 2.20. The largest absolute Gasteiger partial charge is 0.352 e. The van der Waals surface area contributed by atoms with Crippen molar-refractivity contribution in [3.63, 3.8) is 0 Å². The van der Waals surface area contributed by atoms with Gasteiger partial charge in [-0.2, -0.15) is 11.3 Å². The summed E-state index contributed by atoms with van der Waals surface area (Å²) >= 11 is 1.68. The van der Waals surface area contributed by atoms with Gasteiger partial charge in [-0.15, -0.1) is 0 Å². The lowest BCUT2D eigenvalue weighted by molar-refractivity contribution is -0.126. The van der Waals surface area contributed by atoms with Crippen LogP contribution in [0.4, 0.5) is 0 Å². The minimum Gasteiger partial charge on any atom is -0.352 e. The third-order valence-corrected chi connectivity index (χ3v) is 3.75. The molecule has 0 radical (unpaired) electrons. The Kier molecular flexibility index (Phi) is 3.78. The molecule has 0 unspecified atom stereocenters. The lowest BCUT2D eigenvalue weighted by Crippen LogP contribution is -2.31. The molecule has 2 rings (SSSR count). The van der Waals surface area contributed by atoms with Crippen LogP contribution in [0.1, 0.15) is 37.7 Å². The zero-order chi connectivity index (χ0) is 10.5. The van der Waals surface area contributed by atoms with Gasteiger partial charge in [0.1, 0.15) is 0 Å². The SMILES string of the molecule is O=C(NCc1ccsc1)C1CCCCC1. The fraction of sp³-hybridized carbons (Fsp3) is 0.583. The first-order chi connectivity index (χ1) is 7.36. The molecule has 1 fully saturated rings. The fourth-order valence-corrected chi connectivity index (χ4v) is 2.76. The first-order valence-corrected chi connectivity index (χ1v) is 6.59. The molecule has 1 aliphatic carbocycles. The summed E-state index contributed by atoms with van der Waals surface area (Å²) in [6.07, 6.45) is 5.90. The van der Waals surface area contributed by atoms with Gasteiger partial charge in [0.15, 0.2) is 0 Å². The van der Waals surface area contributed by atoms with E-state index in [0.29, 0.717) is 6.54 Å². The molecule has 1 aromatic rings. The Morgan fingerprint density at radius 2 is 2.20 bits per heavy atom. The Hall–Kier alpha value is -0.830. The van der Waals surface area contributed by atoms with Crippen LogP contribution in [-0.2, 0) is 11.3 Å². The van der Waals surface area contributed by atoms with Crippen LogP contribution < -0.4 is 5.32 Å². The number of amides is 1. The minimum atomic E-state index is 0.251. The van der Waals surface area contributed by atoms with Crippen molar-refractivity contribution in [2.75, 3.05) is 0 Å². The standard InChI is InChI=1S/C12H17NOS/c14-12(11-4-2-1-3-5-11)13-8-10-6-7-15-9-10/h6-7,9,11H,1-5,8H2,(H,13,14). The van der Waals surface area contributed by atoms with Gasteiger partial charge in [-0.1, -0.05) is 19.3 Å². The highest BCUT2D eigenvalue weighted by Crippen LogP contribution is 2.23. The van der Waals surface area contributed by atoms with E-state index >= 15 is 0 Å². The normalized spacial score (nSPS) is 17.6. The molecule has 0 aromatic carbocycles. The van der Waals surface area contributed by atoms with Crippen molar-refractivity contribution >= 4 is 17.2 Å². The molecule has 15 heavy (non-hydrogen) atoms. The van der Waals surface area contributed by atoms with Crippen molar-refractivity contribution in [1.82, 2.24) is 5.32 Å². The van der Waals surface area contributed by atoms with E-state index in [2.05, 4.69) is 16.8 Å². The number of rotatable bonds is 3. The molecule has 82 valence electrons. The second-order valence-electron chi connectivity index (χ2n) is 4.18. The molecular formula is C12H17NOS. The predicted octanol–water partition coefficient (Wildman–Crippen LogP) is 2.94. The molecule has 1 heterocycles. The second-order valence-corrected chi connectivity index (χ2v) is 4.96. The summed E-state index contributed by atoms with van der Waals surface area (Å²) in [7, 11) is 0. The molecule has 1 aliphatic rings. The Bertz CT molecular complexity index is 301. The molecule has 0 atom stereocenters. The quantitative estimate of drug-likeness (QED) is 0.838. The molecule has 1 N–H and O–H groups in total. The van der Waals surface area contributed by atoms with Crippen LogP contribution in [0.2, 0.25) is 0 Å². The monoisotopic (exact) mass is 223 g/mol. The maximum atomic E-state index is 11.8. The molecule has 3 heteroatoms. The molecule has 1 amide bonds. The topological polar surface area (TPSA) is 29.1 Å². The van der Waals surface area contributed by atoms with E-state index in [1.165, 1.54) is 24.8 Å². The average Bonchev–Trinajstić information content (AvgIpc) is 2.80. The van der Waals surface area contributed by atoms with E-state index in [-0.39, 0.29) is 11.8 Å². The van der Waals surface area contributed by atoms with Crippen molar-refractivity contribution in [3.05, 3.63) is 22.4 Å². The van der Waals surface area contributed by atoms with Gasteiger partial charge < -0.3 is 5.32 Å². The summed E-state index contributed by atoms with van der Waals surface area (Å²) in [6.45, 7) is 0.693. The van der Waals surface area contributed by atoms with E-state index in [1.807, 2.05) is 5.38 Å². The number of hydrogen-bond acceptors (Lipinski definition) is 2. The fourth-order valence-electron chi connectivity index (χ4n) is 2.09. The zero-order valence-electron chi connectivity index (χ0n) is 8.87. The molecule has 0 spiro atoms. The van der Waals surface area contributed by atoms with Crippen LogP contribution in [0.5, 0.6) is 0 Å². The number of carbonyl (C=O) groups excluding carboxylic acids is 1. The number of thiophene rings is 1. The predicted molar refractivity (Wildman–Crippen MR) is 62.7 cm³/mol. The van der Waals surface area contributed by atoms with Gasteiger partial charge in [0.2, 0.25) is 5.91 Å². The van der Waals surface area contributed by atoms with Crippen LogP contribution in [0.25, 0.3) is 0 Å². The molecule has 0 bridgehead atoms. The van der Waals surface area contributed by atoms with Crippen molar-refractivity contribution in [2.24, 2.45) is 5.92 Å². The number of carbonyl (C=O) groups is 1. The van der Waals surface area contributed by atoms with Gasteiger partial charge in [-0.3, -0.25) is 4.79 Å². The lowest BCUT2D eigenvalue weighted by Gasteiger charge is -2.20. The Labute approximate surface area is 94.7 Å². The first kappa shape index (κ1) is 10.7. The smallest absolute Gasteiger partial charge is 0.223 e. The maximum absolute atomic E-state index is 11.8. The van der Waals surface area contributed by atoms with Gasteiger partial charge in [0.25, 0.3) is 0 Å². The van der Waals surface area contributed by atoms with Crippen molar-refractivity contribution < 1.29 is 4.79 Å². The molecule has 1 aromatic heterocycles. The van der Waals surface area contributed by atoms with E-state index in [1.54, 1.807) is 11.3 Å². The molecular weight excluding hydrogens is 206 g/mol. The van der Waals surface area contributed by atoms with Gasteiger partial charge in [-0.05, 0) is 35.2 Å². The summed E-state index contributed by atoms with van der Waals surface area (Å²) in [5.41, 5.74) is 1.21. The number of nitrogens with one attached hydrogen (secondary N) is 1. The Morgan fingerprint density at radius 1 is 1.40 bits per heavy atom. The van der Waals surface area contributed by atoms with Crippen LogP contribution in [0.3, 0.4) is 0 Å². The van der Waals surface area contributed by atoms with Gasteiger partial charge in [-0.25, -0.2) is 0 Å². The van der Waals surface area contributed by atoms with Crippen LogP contribution in [0, 0.1) is 5.92 Å². The minimum absolute atomic E-state index is 0.251. The summed E-state index contributed by atoms with van der Waals surface area (Å²) in [4.78, 5) is 11.8. The van der Waals surface area contributed by atoms with Crippen LogP contribution in [-0.4, -0.2) is 5.91 Å².